The van der Waals surface area contributed by atoms with Gasteiger partial charge < -0.3 is 51.3 Å². The third kappa shape index (κ3) is 18.9. The van der Waals surface area contributed by atoms with Crippen LogP contribution in [0.4, 0.5) is 0 Å². The first-order valence-corrected chi connectivity index (χ1v) is 26.5. The van der Waals surface area contributed by atoms with Crippen LogP contribution in [0.25, 0.3) is 0 Å². The molecule has 0 aliphatic rings. The van der Waals surface area contributed by atoms with Crippen LogP contribution in [-0.4, -0.2) is 172 Å². The number of aliphatic carboxylic acids is 1. The highest BCUT2D eigenvalue weighted by atomic mass is 16.4. The molecule has 20 nitrogen and oxygen atoms in total. The van der Waals surface area contributed by atoms with Gasteiger partial charge in [-0.05, 0) is 54.3 Å². The van der Waals surface area contributed by atoms with Crippen LogP contribution >= 0.6 is 0 Å². The predicted octanol–water partition coefficient (Wildman–Crippen LogP) is 3.88. The average molecular weight is 1040 g/mol. The second-order valence-electron chi connectivity index (χ2n) is 21.4. The molecule has 0 bridgehead atoms. The average Bonchev–Trinajstić information content (AvgIpc) is 3.32. The highest BCUT2D eigenvalue weighted by Crippen LogP contribution is 2.27. The van der Waals surface area contributed by atoms with E-state index in [0.29, 0.717) is 32.1 Å². The Hall–Kier alpha value is -5.30. The maximum atomic E-state index is 15.0. The minimum atomic E-state index is -1.17. The van der Waals surface area contributed by atoms with Gasteiger partial charge in [-0.2, -0.15) is 0 Å². The van der Waals surface area contributed by atoms with Crippen LogP contribution in [0, 0.1) is 41.4 Å². The van der Waals surface area contributed by atoms with Crippen LogP contribution in [-0.2, 0) is 47.9 Å². The van der Waals surface area contributed by atoms with E-state index < -0.39 is 131 Å². The quantitative estimate of drug-likeness (QED) is 0.0646. The maximum Gasteiger partial charge on any atom is 0.326 e. The number of primary amides is 1. The van der Waals surface area contributed by atoms with E-state index in [4.69, 9.17) is 5.73 Å². The number of hydrogen-bond acceptors (Lipinski definition) is 10. The standard InChI is InChI=1S/C53H97N9O11/c1-21-31(10)40(56-46(65)37(55-36(15)63)26-27-39(54)64)48(67)58(16)38(28-29(6)7)47(66)57-41(32(11)22-2)49(68)59(17)42(30(8)9)50(69)60(18)43(33(12)23-3)51(70)61(19)44(34(13)24-4)52(71)62(20)45(53(72)73)35(14)25-5/h29-35,37-38,40-45H,21-28H2,1-20H3,(H2,54,64)(H,55,63)(H,56,65)(H,57,66)(H,72,73)/t31?,32?,33?,34?,35?,37-,38+,40+,41+,42+,43+,44+,45+/m1/s1. The zero-order chi connectivity index (χ0) is 57.1. The minimum Gasteiger partial charge on any atom is -0.480 e. The summed E-state index contributed by atoms with van der Waals surface area (Å²) < 4.78 is 0. The lowest BCUT2D eigenvalue weighted by atomic mass is 9.90. The Bertz CT molecular complexity index is 1880. The van der Waals surface area contributed by atoms with Crippen LogP contribution in [0.5, 0.6) is 0 Å². The molecule has 0 fully saturated rings. The summed E-state index contributed by atoms with van der Waals surface area (Å²) in [6.07, 6.45) is 2.23. The topological polar surface area (TPSA) is 269 Å². The Morgan fingerprint density at radius 2 is 0.808 bits per heavy atom. The molecule has 0 aliphatic carbocycles. The van der Waals surface area contributed by atoms with Crippen molar-refractivity contribution in [2.75, 3.05) is 35.2 Å². The number of nitrogens with one attached hydrogen (secondary N) is 3. The summed E-state index contributed by atoms with van der Waals surface area (Å²) in [5, 5.41) is 18.4. The molecule has 0 heterocycles. The second kappa shape index (κ2) is 31.4. The third-order valence-electron chi connectivity index (χ3n) is 15.0. The number of hydrogen-bond donors (Lipinski definition) is 5. The highest BCUT2D eigenvalue weighted by Gasteiger charge is 2.46. The molecule has 0 aromatic rings. The van der Waals surface area contributed by atoms with E-state index in [1.807, 2.05) is 62.3 Å². The zero-order valence-corrected chi connectivity index (χ0v) is 48.2. The molecule has 420 valence electrons. The summed E-state index contributed by atoms with van der Waals surface area (Å²) in [6.45, 7) is 26.8. The van der Waals surface area contributed by atoms with E-state index in [2.05, 4.69) is 16.0 Å². The number of carboxylic acid groups (broad SMARTS) is 1. The van der Waals surface area contributed by atoms with Crippen molar-refractivity contribution in [3.63, 3.8) is 0 Å². The van der Waals surface area contributed by atoms with Gasteiger partial charge >= 0.3 is 5.97 Å². The molecular formula is C53H97N9O11. The number of amides is 9. The van der Waals surface area contributed by atoms with E-state index in [1.54, 1.807) is 34.6 Å². The molecule has 73 heavy (non-hydrogen) atoms. The van der Waals surface area contributed by atoms with Crippen molar-refractivity contribution < 1.29 is 53.1 Å². The first-order chi connectivity index (χ1) is 33.7. The molecule has 0 saturated carbocycles. The van der Waals surface area contributed by atoms with Crippen molar-refractivity contribution in [2.45, 2.75) is 204 Å². The van der Waals surface area contributed by atoms with E-state index in [0.717, 1.165) is 0 Å². The molecule has 20 heteroatoms. The van der Waals surface area contributed by atoms with Crippen LogP contribution in [0.2, 0.25) is 0 Å². The number of nitrogens with two attached hydrogens (primary N) is 1. The van der Waals surface area contributed by atoms with Gasteiger partial charge in [0.15, 0.2) is 0 Å². The van der Waals surface area contributed by atoms with Gasteiger partial charge in [0.2, 0.25) is 53.2 Å². The summed E-state index contributed by atoms with van der Waals surface area (Å²) in [5.41, 5.74) is 5.32. The summed E-state index contributed by atoms with van der Waals surface area (Å²) >= 11 is 0. The smallest absolute Gasteiger partial charge is 0.326 e. The summed E-state index contributed by atoms with van der Waals surface area (Å²) in [5.74, 6) is -9.14. The predicted molar refractivity (Wildman–Crippen MR) is 282 cm³/mol. The van der Waals surface area contributed by atoms with Gasteiger partial charge in [0, 0.05) is 48.6 Å². The second-order valence-corrected chi connectivity index (χ2v) is 21.4. The number of likely N-dealkylation sites (N-methyl/N-ethyl adjacent to an activating group) is 5. The van der Waals surface area contributed by atoms with E-state index >= 15 is 0 Å². The molecule has 0 aromatic carbocycles. The molecule has 0 aliphatic heterocycles. The molecule has 0 rings (SSSR count). The van der Waals surface area contributed by atoms with Crippen molar-refractivity contribution in [1.82, 2.24) is 40.4 Å². The van der Waals surface area contributed by atoms with Gasteiger partial charge in [-0.1, -0.05) is 129 Å². The SMILES string of the molecule is CCC(C)[C@H](NC(=O)[C@H](CC(C)C)N(C)C(=O)[C@@H](NC(=O)[C@@H](CCC(N)=O)NC(C)=O)C(C)CC)C(=O)N(C)[C@H](C(=O)N(C)[C@H](C(=O)N(C)[C@H](C(=O)N(C)[C@H](C(=O)O)C(C)CC)C(C)CC)C(C)CC)C(C)C. The summed E-state index contributed by atoms with van der Waals surface area (Å²) in [7, 11) is 7.38. The highest BCUT2D eigenvalue weighted by molar-refractivity contribution is 5.98. The molecule has 9 amide bonds. The van der Waals surface area contributed by atoms with Crippen LogP contribution in [0.15, 0.2) is 0 Å². The number of nitrogens with zero attached hydrogens (tertiary/aromatic N) is 5. The van der Waals surface area contributed by atoms with Gasteiger partial charge in [0.05, 0.1) is 0 Å². The van der Waals surface area contributed by atoms with E-state index in [9.17, 15) is 53.1 Å². The van der Waals surface area contributed by atoms with Crippen molar-refractivity contribution in [3.8, 4) is 0 Å². The lowest BCUT2D eigenvalue weighted by Crippen LogP contribution is -2.63. The van der Waals surface area contributed by atoms with Gasteiger partial charge in [-0.15, -0.1) is 0 Å². The van der Waals surface area contributed by atoms with Gasteiger partial charge in [-0.3, -0.25) is 43.2 Å². The largest absolute Gasteiger partial charge is 0.480 e. The van der Waals surface area contributed by atoms with Gasteiger partial charge in [-0.25, -0.2) is 4.79 Å². The Kier molecular flexibility index (Phi) is 29.2. The number of rotatable bonds is 32. The van der Waals surface area contributed by atoms with Gasteiger partial charge in [0.25, 0.3) is 0 Å². The fourth-order valence-corrected chi connectivity index (χ4v) is 9.26. The molecule has 6 N–H and O–H groups in total. The molecule has 0 aromatic heterocycles. The first-order valence-electron chi connectivity index (χ1n) is 26.5. The first kappa shape index (κ1) is 67.7. The lowest BCUT2D eigenvalue weighted by molar-refractivity contribution is -0.160. The Labute approximate surface area is 437 Å². The summed E-state index contributed by atoms with van der Waals surface area (Å²) in [6, 6.07) is -8.99. The van der Waals surface area contributed by atoms with Crippen molar-refractivity contribution >= 4 is 59.1 Å². The minimum absolute atomic E-state index is 0.0983. The number of carbonyl (C=O) groups is 10. The molecule has 0 radical (unpaired) electrons. The number of carbonyl (C=O) groups excluding carboxylic acids is 9. The molecule has 13 atom stereocenters. The Morgan fingerprint density at radius 3 is 1.15 bits per heavy atom. The fourth-order valence-electron chi connectivity index (χ4n) is 9.26. The van der Waals surface area contributed by atoms with Crippen LogP contribution in [0.3, 0.4) is 0 Å². The Balaban J connectivity index is 7.21. The lowest BCUT2D eigenvalue weighted by Gasteiger charge is -2.43. The van der Waals surface area contributed by atoms with Crippen LogP contribution in [0.1, 0.15) is 155 Å². The molecule has 0 spiro atoms. The summed E-state index contributed by atoms with van der Waals surface area (Å²) in [4.78, 5) is 144. The third-order valence-corrected chi connectivity index (χ3v) is 15.0. The van der Waals surface area contributed by atoms with Gasteiger partial charge in [0.1, 0.15) is 48.3 Å². The maximum absolute atomic E-state index is 15.0. The Morgan fingerprint density at radius 1 is 0.466 bits per heavy atom. The zero-order valence-electron chi connectivity index (χ0n) is 48.2. The monoisotopic (exact) mass is 1040 g/mol. The fraction of sp³-hybridized carbons (Fsp3) is 0.811. The molecule has 0 saturated heterocycles. The normalized spacial score (nSPS) is 16.8. The molecule has 5 unspecified atom stereocenters. The molecular weight excluding hydrogens is 939 g/mol. The van der Waals surface area contributed by atoms with Crippen molar-refractivity contribution in [3.05, 3.63) is 0 Å². The van der Waals surface area contributed by atoms with E-state index in [-0.39, 0.29) is 37.0 Å². The van der Waals surface area contributed by atoms with Crippen molar-refractivity contribution in [2.24, 2.45) is 47.2 Å². The van der Waals surface area contributed by atoms with Crippen LogP contribution < -0.4 is 21.7 Å². The van der Waals surface area contributed by atoms with Crippen molar-refractivity contribution in [1.29, 1.82) is 0 Å². The number of carboxylic acids is 1. The van der Waals surface area contributed by atoms with E-state index in [1.165, 1.54) is 66.7 Å².